The van der Waals surface area contributed by atoms with E-state index in [9.17, 15) is 9.65 Å². The van der Waals surface area contributed by atoms with Crippen LogP contribution in [0.1, 0.15) is 29.8 Å². The van der Waals surface area contributed by atoms with E-state index in [1.807, 2.05) is 13.0 Å². The molecule has 1 atom stereocenters. The van der Waals surface area contributed by atoms with Crippen LogP contribution < -0.4 is 5.73 Å². The number of ether oxygens (including phenoxy) is 1. The summed E-state index contributed by atoms with van der Waals surface area (Å²) in [5.74, 6) is -0.450. The molecule has 0 spiro atoms. The predicted molar refractivity (Wildman–Crippen MR) is 77.0 cm³/mol. The van der Waals surface area contributed by atoms with E-state index in [-0.39, 0.29) is 34.7 Å². The van der Waals surface area contributed by atoms with E-state index in [1.165, 1.54) is 12.1 Å². The molecule has 1 aromatic heterocycles. The summed E-state index contributed by atoms with van der Waals surface area (Å²) < 4.78 is 19.8. The van der Waals surface area contributed by atoms with Gasteiger partial charge in [0.2, 0.25) is 0 Å². The average Bonchev–Trinajstić information content (AvgIpc) is 2.80. The van der Waals surface area contributed by atoms with Crippen LogP contribution in [0.4, 0.5) is 10.2 Å². The van der Waals surface area contributed by atoms with Gasteiger partial charge in [0.15, 0.2) is 0 Å². The first-order chi connectivity index (χ1) is 10.0. The van der Waals surface area contributed by atoms with Gasteiger partial charge < -0.3 is 10.5 Å². The van der Waals surface area contributed by atoms with Crippen molar-refractivity contribution >= 4 is 17.4 Å². The Morgan fingerprint density at radius 3 is 2.90 bits per heavy atom. The maximum absolute atomic E-state index is 14.3. The summed E-state index contributed by atoms with van der Waals surface area (Å²) in [5, 5.41) is 9.58. The Bertz CT molecular complexity index is 765. The number of halogens is 2. The first-order valence-corrected chi connectivity index (χ1v) is 6.70. The molecule has 0 bridgehead atoms. The molecule has 1 unspecified atom stereocenters. The molecule has 0 amide bonds. The van der Waals surface area contributed by atoms with E-state index in [4.69, 9.17) is 22.1 Å². The fourth-order valence-electron chi connectivity index (χ4n) is 2.56. The average molecular weight is 304 g/mol. The highest BCUT2D eigenvalue weighted by atomic mass is 35.5. The molecule has 2 heterocycles. The number of nitrogens with zero attached hydrogens (tertiary/aromatic N) is 2. The number of hydrogen-bond donors (Lipinski definition) is 1. The zero-order valence-corrected chi connectivity index (χ0v) is 11.9. The van der Waals surface area contributed by atoms with Crippen LogP contribution in [0.2, 0.25) is 5.02 Å². The number of fused-ring (bicyclic) bond motifs is 1. The Hall–Kier alpha value is -2.16. The Labute approximate surface area is 125 Å². The number of benzene rings is 1. The standard InChI is InChI=1S/C15H11ClFN3O/c1-7-14-9(6-21-7)12(8(5-18)15(19)20-14)13-10(16)3-2-4-11(13)17/h2-4,7H,6H2,1H3,(H2,19,20). The smallest absolute Gasteiger partial charge is 0.142 e. The summed E-state index contributed by atoms with van der Waals surface area (Å²) >= 11 is 6.13. The first-order valence-electron chi connectivity index (χ1n) is 6.33. The molecule has 6 heteroatoms. The van der Waals surface area contributed by atoms with Gasteiger partial charge >= 0.3 is 0 Å². The van der Waals surface area contributed by atoms with Crippen molar-refractivity contribution in [2.24, 2.45) is 0 Å². The second kappa shape index (κ2) is 4.99. The second-order valence-corrected chi connectivity index (χ2v) is 5.18. The number of pyridine rings is 1. The van der Waals surface area contributed by atoms with Crippen LogP contribution in [-0.2, 0) is 11.3 Å². The van der Waals surface area contributed by atoms with Crippen molar-refractivity contribution in [2.75, 3.05) is 5.73 Å². The molecule has 1 aliphatic rings. The van der Waals surface area contributed by atoms with E-state index >= 15 is 0 Å². The molecule has 0 radical (unpaired) electrons. The van der Waals surface area contributed by atoms with E-state index in [0.717, 1.165) is 0 Å². The summed E-state index contributed by atoms with van der Waals surface area (Å²) in [5.41, 5.74) is 7.81. The molecule has 3 rings (SSSR count). The quantitative estimate of drug-likeness (QED) is 0.874. The molecule has 0 saturated carbocycles. The lowest BCUT2D eigenvalue weighted by atomic mass is 9.94. The lowest BCUT2D eigenvalue weighted by Crippen LogP contribution is -2.05. The number of aromatic nitrogens is 1. The Morgan fingerprint density at radius 2 is 2.24 bits per heavy atom. The van der Waals surface area contributed by atoms with Crippen molar-refractivity contribution < 1.29 is 9.13 Å². The largest absolute Gasteiger partial charge is 0.383 e. The Morgan fingerprint density at radius 1 is 1.48 bits per heavy atom. The summed E-state index contributed by atoms with van der Waals surface area (Å²) in [4.78, 5) is 4.22. The Kier molecular flexibility index (Phi) is 3.28. The van der Waals surface area contributed by atoms with Crippen LogP contribution in [0.25, 0.3) is 11.1 Å². The Balaban J connectivity index is 2.43. The van der Waals surface area contributed by atoms with Gasteiger partial charge in [-0.2, -0.15) is 5.26 Å². The van der Waals surface area contributed by atoms with Gasteiger partial charge in [0, 0.05) is 16.7 Å². The number of nitrogen functional groups attached to an aromatic ring is 1. The molecule has 1 aliphatic heterocycles. The topological polar surface area (TPSA) is 71.9 Å². The molecule has 2 N–H and O–H groups in total. The number of nitrogens with two attached hydrogens (primary N) is 1. The van der Waals surface area contributed by atoms with Crippen LogP contribution >= 0.6 is 11.6 Å². The molecular weight excluding hydrogens is 293 g/mol. The van der Waals surface area contributed by atoms with Crippen molar-refractivity contribution in [1.82, 2.24) is 4.98 Å². The van der Waals surface area contributed by atoms with E-state index in [2.05, 4.69) is 4.98 Å². The third-order valence-corrected chi connectivity index (χ3v) is 3.86. The zero-order chi connectivity index (χ0) is 15.1. The molecular formula is C15H11ClFN3O. The number of rotatable bonds is 1. The molecule has 0 aliphatic carbocycles. The molecule has 2 aromatic rings. The minimum Gasteiger partial charge on any atom is -0.383 e. The van der Waals surface area contributed by atoms with Gasteiger partial charge in [0.1, 0.15) is 23.3 Å². The fraction of sp³-hybridized carbons (Fsp3) is 0.200. The molecule has 1 aromatic carbocycles. The van der Waals surface area contributed by atoms with Crippen molar-refractivity contribution in [2.45, 2.75) is 19.6 Å². The number of hydrogen-bond acceptors (Lipinski definition) is 4. The molecule has 106 valence electrons. The second-order valence-electron chi connectivity index (χ2n) is 4.77. The van der Waals surface area contributed by atoms with Gasteiger partial charge in [-0.3, -0.25) is 0 Å². The number of anilines is 1. The maximum atomic E-state index is 14.3. The lowest BCUT2D eigenvalue weighted by Gasteiger charge is -2.14. The first kappa shape index (κ1) is 13.8. The maximum Gasteiger partial charge on any atom is 0.142 e. The van der Waals surface area contributed by atoms with Crippen molar-refractivity contribution in [3.05, 3.63) is 45.9 Å². The minimum absolute atomic E-state index is 0.0583. The monoisotopic (exact) mass is 303 g/mol. The summed E-state index contributed by atoms with van der Waals surface area (Å²) in [6.07, 6.45) is -0.251. The van der Waals surface area contributed by atoms with Gasteiger partial charge in [0.25, 0.3) is 0 Å². The highest BCUT2D eigenvalue weighted by molar-refractivity contribution is 6.33. The predicted octanol–water partition coefficient (Wildman–Crippen LogP) is 3.59. The van der Waals surface area contributed by atoms with E-state index < -0.39 is 5.82 Å². The minimum atomic E-state index is -0.508. The molecule has 21 heavy (non-hydrogen) atoms. The molecule has 4 nitrogen and oxygen atoms in total. The van der Waals surface area contributed by atoms with Gasteiger partial charge in [-0.15, -0.1) is 0 Å². The zero-order valence-electron chi connectivity index (χ0n) is 11.2. The van der Waals surface area contributed by atoms with Crippen molar-refractivity contribution in [1.29, 1.82) is 5.26 Å². The highest BCUT2D eigenvalue weighted by Crippen LogP contribution is 2.42. The molecule has 0 fully saturated rings. The lowest BCUT2D eigenvalue weighted by molar-refractivity contribution is 0.0780. The van der Waals surface area contributed by atoms with E-state index in [1.54, 1.807) is 6.07 Å². The van der Waals surface area contributed by atoms with E-state index in [0.29, 0.717) is 16.8 Å². The van der Waals surface area contributed by atoms with Gasteiger partial charge in [0.05, 0.1) is 23.4 Å². The van der Waals surface area contributed by atoms with Gasteiger partial charge in [-0.25, -0.2) is 9.37 Å². The van der Waals surface area contributed by atoms with Gasteiger partial charge in [-0.05, 0) is 19.1 Å². The molecule has 0 saturated heterocycles. The normalized spacial score (nSPS) is 16.6. The third-order valence-electron chi connectivity index (χ3n) is 3.55. The van der Waals surface area contributed by atoms with Crippen molar-refractivity contribution in [3.63, 3.8) is 0 Å². The SMILES string of the molecule is CC1OCc2c1nc(N)c(C#N)c2-c1c(F)cccc1Cl. The summed E-state index contributed by atoms with van der Waals surface area (Å²) in [6.45, 7) is 2.08. The van der Waals surface area contributed by atoms with Gasteiger partial charge in [-0.1, -0.05) is 17.7 Å². The summed E-state index contributed by atoms with van der Waals surface area (Å²) in [7, 11) is 0. The highest BCUT2D eigenvalue weighted by Gasteiger charge is 2.30. The van der Waals surface area contributed by atoms with Crippen molar-refractivity contribution in [3.8, 4) is 17.2 Å². The van der Waals surface area contributed by atoms with Crippen LogP contribution in [-0.4, -0.2) is 4.98 Å². The third kappa shape index (κ3) is 2.04. The fourth-order valence-corrected chi connectivity index (χ4v) is 2.81. The van der Waals surface area contributed by atoms with Crippen LogP contribution in [0.3, 0.4) is 0 Å². The number of nitriles is 1. The van der Waals surface area contributed by atoms with Crippen LogP contribution in [0, 0.1) is 17.1 Å². The summed E-state index contributed by atoms with van der Waals surface area (Å²) in [6, 6.07) is 6.37. The van der Waals surface area contributed by atoms with Crippen LogP contribution in [0.15, 0.2) is 18.2 Å². The van der Waals surface area contributed by atoms with Crippen LogP contribution in [0.5, 0.6) is 0 Å².